The smallest absolute Gasteiger partial charge is 0.335 e. The van der Waals surface area contributed by atoms with Crippen LogP contribution in [0.2, 0.25) is 0 Å². The van der Waals surface area contributed by atoms with Gasteiger partial charge in [0.1, 0.15) is 0 Å². The summed E-state index contributed by atoms with van der Waals surface area (Å²) in [7, 11) is 1.98. The van der Waals surface area contributed by atoms with Crippen molar-refractivity contribution in [2.75, 3.05) is 13.1 Å². The molecule has 0 amide bonds. The van der Waals surface area contributed by atoms with E-state index in [9.17, 15) is 4.79 Å². The molecule has 0 aliphatic carbocycles. The Balaban J connectivity index is 1.46. The zero-order valence-electron chi connectivity index (χ0n) is 16.0. The van der Waals surface area contributed by atoms with Crippen LogP contribution in [0.15, 0.2) is 55.0 Å². The highest BCUT2D eigenvalue weighted by Crippen LogP contribution is 2.28. The van der Waals surface area contributed by atoms with E-state index in [1.54, 1.807) is 18.5 Å². The Hall–Kier alpha value is -2.99. The van der Waals surface area contributed by atoms with Gasteiger partial charge < -0.3 is 9.67 Å². The Morgan fingerprint density at radius 1 is 1.21 bits per heavy atom. The third kappa shape index (κ3) is 3.97. The molecule has 144 valence electrons. The number of pyridine rings is 1. The fourth-order valence-electron chi connectivity index (χ4n) is 3.88. The van der Waals surface area contributed by atoms with Crippen LogP contribution in [0.1, 0.15) is 40.4 Å². The van der Waals surface area contributed by atoms with E-state index in [1.165, 1.54) is 0 Å². The molecule has 6 heteroatoms. The van der Waals surface area contributed by atoms with Gasteiger partial charge in [-0.2, -0.15) is 0 Å². The molecule has 1 aromatic carbocycles. The van der Waals surface area contributed by atoms with Gasteiger partial charge in [-0.05, 0) is 49.2 Å². The maximum atomic E-state index is 11.0. The lowest BCUT2D eigenvalue weighted by atomic mass is 9.93. The lowest BCUT2D eigenvalue weighted by Crippen LogP contribution is -2.34. The summed E-state index contributed by atoms with van der Waals surface area (Å²) in [5, 5.41) is 9.04. The monoisotopic (exact) mass is 376 g/mol. The first kappa shape index (κ1) is 18.4. The molecule has 1 unspecified atom stereocenters. The van der Waals surface area contributed by atoms with Crippen LogP contribution < -0.4 is 0 Å². The first-order valence-corrected chi connectivity index (χ1v) is 9.58. The highest BCUT2D eigenvalue weighted by atomic mass is 16.4. The molecule has 1 aliphatic rings. The van der Waals surface area contributed by atoms with Crippen LogP contribution in [-0.2, 0) is 13.6 Å². The molecule has 1 N–H and O–H groups in total. The van der Waals surface area contributed by atoms with Gasteiger partial charge in [0.2, 0.25) is 0 Å². The Morgan fingerprint density at radius 3 is 2.75 bits per heavy atom. The summed E-state index contributed by atoms with van der Waals surface area (Å²) >= 11 is 0. The Labute approximate surface area is 164 Å². The van der Waals surface area contributed by atoms with Crippen molar-refractivity contribution in [3.8, 4) is 11.4 Å². The Morgan fingerprint density at radius 2 is 2.04 bits per heavy atom. The average Bonchev–Trinajstić information content (AvgIpc) is 3.15. The second kappa shape index (κ2) is 7.94. The zero-order chi connectivity index (χ0) is 19.5. The number of rotatable bonds is 5. The predicted octanol–water partition coefficient (Wildman–Crippen LogP) is 3.56. The van der Waals surface area contributed by atoms with Gasteiger partial charge >= 0.3 is 5.97 Å². The van der Waals surface area contributed by atoms with Gasteiger partial charge in [-0.15, -0.1) is 0 Å². The number of piperidine rings is 1. The number of likely N-dealkylation sites (tertiary alicyclic amines) is 1. The van der Waals surface area contributed by atoms with E-state index in [-0.39, 0.29) is 0 Å². The van der Waals surface area contributed by atoms with E-state index in [0.717, 1.165) is 55.1 Å². The molecule has 0 spiro atoms. The molecule has 1 saturated heterocycles. The van der Waals surface area contributed by atoms with Crippen molar-refractivity contribution in [2.45, 2.75) is 25.3 Å². The zero-order valence-corrected chi connectivity index (χ0v) is 16.0. The minimum absolute atomic E-state index is 0.330. The summed E-state index contributed by atoms with van der Waals surface area (Å²) in [5.41, 5.74) is 4.58. The second-order valence-corrected chi connectivity index (χ2v) is 7.41. The molecule has 1 atom stereocenters. The fraction of sp³-hybridized carbons (Fsp3) is 0.318. The van der Waals surface area contributed by atoms with E-state index in [1.807, 2.05) is 36.0 Å². The fourth-order valence-corrected chi connectivity index (χ4v) is 3.88. The number of aryl methyl sites for hydroxylation is 1. The molecule has 3 aromatic rings. The number of benzene rings is 1. The average molecular weight is 376 g/mol. The number of carbonyl (C=O) groups is 1. The normalized spacial score (nSPS) is 17.5. The van der Waals surface area contributed by atoms with Crippen LogP contribution in [0.25, 0.3) is 11.4 Å². The van der Waals surface area contributed by atoms with Gasteiger partial charge in [0, 0.05) is 31.7 Å². The molecule has 2 aromatic heterocycles. The van der Waals surface area contributed by atoms with Crippen molar-refractivity contribution in [1.29, 1.82) is 0 Å². The summed E-state index contributed by atoms with van der Waals surface area (Å²) in [6, 6.07) is 13.4. The molecule has 0 bridgehead atoms. The minimum atomic E-state index is -0.885. The van der Waals surface area contributed by atoms with Gasteiger partial charge in [-0.3, -0.25) is 9.88 Å². The molecule has 0 radical (unpaired) electrons. The number of hydrogen-bond donors (Lipinski definition) is 1. The molecule has 0 saturated carbocycles. The van der Waals surface area contributed by atoms with E-state index in [2.05, 4.69) is 22.0 Å². The summed E-state index contributed by atoms with van der Waals surface area (Å²) < 4.78 is 1.99. The lowest BCUT2D eigenvalue weighted by Gasteiger charge is -2.32. The van der Waals surface area contributed by atoms with Crippen LogP contribution in [0.5, 0.6) is 0 Å². The SMILES string of the molecule is Cn1cncc1-c1cccc(C2CCCN(Cc3ccc(C(=O)O)cc3)C2)n1. The number of nitrogens with zero attached hydrogens (tertiary/aromatic N) is 4. The van der Waals surface area contributed by atoms with Crippen molar-refractivity contribution in [3.05, 3.63) is 71.8 Å². The number of aromatic carboxylic acids is 1. The maximum absolute atomic E-state index is 11.0. The van der Waals surface area contributed by atoms with Crippen LogP contribution >= 0.6 is 0 Å². The van der Waals surface area contributed by atoms with Crippen LogP contribution in [0.3, 0.4) is 0 Å². The van der Waals surface area contributed by atoms with E-state index >= 15 is 0 Å². The van der Waals surface area contributed by atoms with Crippen LogP contribution in [0, 0.1) is 0 Å². The number of carboxylic acid groups (broad SMARTS) is 1. The number of hydrogen-bond acceptors (Lipinski definition) is 4. The molecular formula is C22H24N4O2. The molecular weight excluding hydrogens is 352 g/mol. The minimum Gasteiger partial charge on any atom is -0.478 e. The first-order chi connectivity index (χ1) is 13.6. The Bertz CT molecular complexity index is 965. The molecule has 1 fully saturated rings. The van der Waals surface area contributed by atoms with Gasteiger partial charge in [0.05, 0.1) is 29.5 Å². The summed E-state index contributed by atoms with van der Waals surface area (Å²) in [5.74, 6) is -0.482. The maximum Gasteiger partial charge on any atom is 0.335 e. The molecule has 4 rings (SSSR count). The van der Waals surface area contributed by atoms with E-state index in [0.29, 0.717) is 11.5 Å². The highest BCUT2D eigenvalue weighted by molar-refractivity contribution is 5.87. The topological polar surface area (TPSA) is 71.2 Å². The van der Waals surface area contributed by atoms with Gasteiger partial charge in [-0.1, -0.05) is 18.2 Å². The summed E-state index contributed by atoms with van der Waals surface area (Å²) in [6.07, 6.45) is 5.91. The van der Waals surface area contributed by atoms with E-state index < -0.39 is 5.97 Å². The highest BCUT2D eigenvalue weighted by Gasteiger charge is 2.23. The lowest BCUT2D eigenvalue weighted by molar-refractivity contribution is 0.0697. The number of aromatic nitrogens is 3. The third-order valence-corrected chi connectivity index (χ3v) is 5.38. The molecule has 1 aliphatic heterocycles. The number of imidazole rings is 1. The van der Waals surface area contributed by atoms with Crippen molar-refractivity contribution < 1.29 is 9.90 Å². The largest absolute Gasteiger partial charge is 0.478 e. The van der Waals surface area contributed by atoms with Gasteiger partial charge in [0.25, 0.3) is 0 Å². The third-order valence-electron chi connectivity index (χ3n) is 5.38. The first-order valence-electron chi connectivity index (χ1n) is 9.58. The van der Waals surface area contributed by atoms with Crippen molar-refractivity contribution in [2.24, 2.45) is 7.05 Å². The Kier molecular flexibility index (Phi) is 5.21. The second-order valence-electron chi connectivity index (χ2n) is 7.41. The van der Waals surface area contributed by atoms with E-state index in [4.69, 9.17) is 10.1 Å². The van der Waals surface area contributed by atoms with Crippen LogP contribution in [0.4, 0.5) is 0 Å². The predicted molar refractivity (Wildman–Crippen MR) is 107 cm³/mol. The number of carboxylic acids is 1. The van der Waals surface area contributed by atoms with Crippen LogP contribution in [-0.4, -0.2) is 43.6 Å². The summed E-state index contributed by atoms with van der Waals surface area (Å²) in [6.45, 7) is 2.85. The molecule has 6 nitrogen and oxygen atoms in total. The van der Waals surface area contributed by atoms with Gasteiger partial charge in [-0.25, -0.2) is 9.78 Å². The molecule has 3 heterocycles. The van der Waals surface area contributed by atoms with Crippen molar-refractivity contribution in [1.82, 2.24) is 19.4 Å². The van der Waals surface area contributed by atoms with Crippen molar-refractivity contribution in [3.63, 3.8) is 0 Å². The molecule has 28 heavy (non-hydrogen) atoms. The standard InChI is InChI=1S/C22H24N4O2/c1-25-15-23-12-21(25)20-6-2-5-19(24-20)18-4-3-11-26(14-18)13-16-7-9-17(10-8-16)22(27)28/h2,5-10,12,15,18H,3-4,11,13-14H2,1H3,(H,27,28). The van der Waals surface area contributed by atoms with Gasteiger partial charge in [0.15, 0.2) is 0 Å². The van der Waals surface area contributed by atoms with Crippen molar-refractivity contribution >= 4 is 5.97 Å². The quantitative estimate of drug-likeness (QED) is 0.737. The summed E-state index contributed by atoms with van der Waals surface area (Å²) in [4.78, 5) is 22.6.